The lowest BCUT2D eigenvalue weighted by Gasteiger charge is -2.14. The average molecular weight is 462 g/mol. The van der Waals surface area contributed by atoms with Gasteiger partial charge in [0.1, 0.15) is 17.4 Å². The minimum Gasteiger partial charge on any atom is -0.507 e. The van der Waals surface area contributed by atoms with Gasteiger partial charge in [-0.1, -0.05) is 46.3 Å². The highest BCUT2D eigenvalue weighted by molar-refractivity contribution is 9.10. The molecule has 1 heterocycles. The van der Waals surface area contributed by atoms with Crippen LogP contribution in [0.1, 0.15) is 16.7 Å². The summed E-state index contributed by atoms with van der Waals surface area (Å²) in [6, 6.07) is 14.5. The van der Waals surface area contributed by atoms with Crippen molar-refractivity contribution < 1.29 is 18.3 Å². The first-order chi connectivity index (χ1) is 13.7. The van der Waals surface area contributed by atoms with E-state index in [9.17, 15) is 23.1 Å². The first kappa shape index (κ1) is 20.4. The van der Waals surface area contributed by atoms with Crippen molar-refractivity contribution in [3.8, 4) is 23.1 Å². The second-order valence-corrected chi connectivity index (χ2v) is 6.77. The van der Waals surface area contributed by atoms with Crippen molar-refractivity contribution in [2.24, 2.45) is 5.10 Å². The molecular formula is C20H11BrF3N3O2. The second-order valence-electron chi connectivity index (χ2n) is 5.86. The standard InChI is InChI=1S/C20H11BrF3N3O2/c21-14-7-6-13(18(28)8-14)11-26-27-17(12-4-2-1-3-5-12)9-16(20(22,23)24)15(10-25)19(27)29/h1-9,11,28H/b26-11+. The molecule has 1 aromatic heterocycles. The molecule has 0 saturated carbocycles. The van der Waals surface area contributed by atoms with E-state index in [1.807, 2.05) is 0 Å². The summed E-state index contributed by atoms with van der Waals surface area (Å²) in [6.45, 7) is 0. The first-order valence-electron chi connectivity index (χ1n) is 8.08. The molecule has 0 atom stereocenters. The Morgan fingerprint density at radius 3 is 2.41 bits per heavy atom. The normalized spacial score (nSPS) is 11.6. The van der Waals surface area contributed by atoms with Crippen molar-refractivity contribution >= 4 is 22.1 Å². The summed E-state index contributed by atoms with van der Waals surface area (Å²) < 4.78 is 41.5. The zero-order valence-electron chi connectivity index (χ0n) is 14.5. The highest BCUT2D eigenvalue weighted by Crippen LogP contribution is 2.33. The summed E-state index contributed by atoms with van der Waals surface area (Å²) in [4.78, 5) is 12.7. The van der Waals surface area contributed by atoms with Crippen LogP contribution in [0.3, 0.4) is 0 Å². The topological polar surface area (TPSA) is 78.4 Å². The van der Waals surface area contributed by atoms with Gasteiger partial charge >= 0.3 is 6.18 Å². The Hall–Kier alpha value is -3.38. The summed E-state index contributed by atoms with van der Waals surface area (Å²) >= 11 is 3.19. The van der Waals surface area contributed by atoms with Gasteiger partial charge in [-0.2, -0.15) is 28.2 Å². The Morgan fingerprint density at radius 2 is 1.83 bits per heavy atom. The van der Waals surface area contributed by atoms with Crippen LogP contribution in [-0.2, 0) is 6.18 Å². The van der Waals surface area contributed by atoms with Gasteiger partial charge < -0.3 is 5.11 Å². The summed E-state index contributed by atoms with van der Waals surface area (Å²) in [7, 11) is 0. The third-order valence-corrected chi connectivity index (χ3v) is 4.47. The minimum atomic E-state index is -4.89. The Kier molecular flexibility index (Phi) is 5.57. The van der Waals surface area contributed by atoms with E-state index in [1.54, 1.807) is 24.3 Å². The van der Waals surface area contributed by atoms with Crippen LogP contribution in [0.5, 0.6) is 5.75 Å². The molecule has 0 unspecified atom stereocenters. The van der Waals surface area contributed by atoms with Crippen LogP contribution in [-0.4, -0.2) is 16.0 Å². The van der Waals surface area contributed by atoms with Crippen molar-refractivity contribution in [2.45, 2.75) is 6.18 Å². The van der Waals surface area contributed by atoms with Gasteiger partial charge in [0, 0.05) is 15.6 Å². The lowest BCUT2D eigenvalue weighted by molar-refractivity contribution is -0.137. The first-order valence-corrected chi connectivity index (χ1v) is 8.87. The molecule has 0 aliphatic heterocycles. The molecule has 3 aromatic rings. The Bertz CT molecular complexity index is 1200. The van der Waals surface area contributed by atoms with Crippen molar-refractivity contribution in [1.82, 2.24) is 4.68 Å². The van der Waals surface area contributed by atoms with Crippen molar-refractivity contribution in [1.29, 1.82) is 5.26 Å². The van der Waals surface area contributed by atoms with Crippen LogP contribution in [0.4, 0.5) is 13.2 Å². The molecule has 0 radical (unpaired) electrons. The van der Waals surface area contributed by atoms with Crippen LogP contribution in [0.25, 0.3) is 11.3 Å². The van der Waals surface area contributed by atoms with Gasteiger partial charge in [0.25, 0.3) is 5.56 Å². The van der Waals surface area contributed by atoms with Gasteiger partial charge in [-0.05, 0) is 24.3 Å². The van der Waals surface area contributed by atoms with Crippen LogP contribution in [0.15, 0.2) is 69.0 Å². The maximum absolute atomic E-state index is 13.4. The molecule has 29 heavy (non-hydrogen) atoms. The number of pyridine rings is 1. The maximum atomic E-state index is 13.4. The van der Waals surface area contributed by atoms with Crippen LogP contribution in [0.2, 0.25) is 0 Å². The highest BCUT2D eigenvalue weighted by atomic mass is 79.9. The Morgan fingerprint density at radius 1 is 1.14 bits per heavy atom. The van der Waals surface area contributed by atoms with Gasteiger partial charge in [0.2, 0.25) is 0 Å². The van der Waals surface area contributed by atoms with E-state index >= 15 is 0 Å². The molecule has 3 rings (SSSR count). The van der Waals surface area contributed by atoms with Crippen molar-refractivity contribution in [3.63, 3.8) is 0 Å². The molecule has 0 fully saturated rings. The molecule has 2 aromatic carbocycles. The summed E-state index contributed by atoms with van der Waals surface area (Å²) in [5, 5.41) is 23.1. The zero-order valence-corrected chi connectivity index (χ0v) is 16.1. The fourth-order valence-electron chi connectivity index (χ4n) is 2.61. The predicted molar refractivity (Wildman–Crippen MR) is 105 cm³/mol. The van der Waals surface area contributed by atoms with E-state index in [-0.39, 0.29) is 17.0 Å². The number of nitriles is 1. The van der Waals surface area contributed by atoms with Crippen LogP contribution >= 0.6 is 15.9 Å². The van der Waals surface area contributed by atoms with E-state index in [4.69, 9.17) is 5.26 Å². The third kappa shape index (κ3) is 4.22. The number of aromatic hydroxyl groups is 1. The molecular weight excluding hydrogens is 451 g/mol. The van der Waals surface area contributed by atoms with Gasteiger partial charge in [0.15, 0.2) is 0 Å². The number of aromatic nitrogens is 1. The SMILES string of the molecule is N#Cc1c(C(F)(F)F)cc(-c2ccccc2)n(/N=C/c2ccc(Br)cc2O)c1=O. The maximum Gasteiger partial charge on any atom is 0.417 e. The number of phenolic OH excluding ortho intramolecular Hbond substituents is 1. The summed E-state index contributed by atoms with van der Waals surface area (Å²) in [6.07, 6.45) is -3.76. The van der Waals surface area contributed by atoms with Crippen molar-refractivity contribution in [3.05, 3.63) is 86.1 Å². The predicted octanol–water partition coefficient (Wildman–Crippen LogP) is 4.76. The lowest BCUT2D eigenvalue weighted by atomic mass is 10.0. The van der Waals surface area contributed by atoms with E-state index in [2.05, 4.69) is 21.0 Å². The van der Waals surface area contributed by atoms with E-state index in [0.717, 1.165) is 6.21 Å². The molecule has 0 aliphatic carbocycles. The summed E-state index contributed by atoms with van der Waals surface area (Å²) in [5.41, 5.74) is -3.21. The molecule has 0 amide bonds. The average Bonchev–Trinajstić information content (AvgIpc) is 2.67. The third-order valence-electron chi connectivity index (χ3n) is 3.98. The monoisotopic (exact) mass is 461 g/mol. The molecule has 146 valence electrons. The number of alkyl halides is 3. The molecule has 9 heteroatoms. The molecule has 0 spiro atoms. The van der Waals surface area contributed by atoms with Gasteiger partial charge in [-0.3, -0.25) is 4.79 Å². The molecule has 0 aliphatic rings. The second kappa shape index (κ2) is 7.93. The van der Waals surface area contributed by atoms with Crippen LogP contribution < -0.4 is 5.56 Å². The quantitative estimate of drug-likeness (QED) is 0.571. The fourth-order valence-corrected chi connectivity index (χ4v) is 2.96. The van der Waals surface area contributed by atoms with Crippen molar-refractivity contribution in [2.75, 3.05) is 0 Å². The van der Waals surface area contributed by atoms with Gasteiger partial charge in [-0.15, -0.1) is 0 Å². The number of rotatable bonds is 3. The number of phenols is 1. The largest absolute Gasteiger partial charge is 0.507 e. The number of halogens is 4. The minimum absolute atomic E-state index is 0.144. The zero-order chi connectivity index (χ0) is 21.2. The number of hydrogen-bond donors (Lipinski definition) is 1. The molecule has 5 nitrogen and oxygen atoms in total. The molecule has 0 bridgehead atoms. The fraction of sp³-hybridized carbons (Fsp3) is 0.0500. The Balaban J connectivity index is 2.29. The van der Waals surface area contributed by atoms with Gasteiger partial charge in [0.05, 0.1) is 17.5 Å². The van der Waals surface area contributed by atoms with E-state index < -0.39 is 22.9 Å². The molecule has 1 N–H and O–H groups in total. The van der Waals surface area contributed by atoms with Gasteiger partial charge in [-0.25, -0.2) is 0 Å². The highest BCUT2D eigenvalue weighted by Gasteiger charge is 2.36. The number of benzene rings is 2. The van der Waals surface area contributed by atoms with E-state index in [1.165, 1.54) is 30.3 Å². The lowest BCUT2D eigenvalue weighted by Crippen LogP contribution is -2.26. The Labute approximate surface area is 171 Å². The molecule has 0 saturated heterocycles. The smallest absolute Gasteiger partial charge is 0.417 e. The van der Waals surface area contributed by atoms with Crippen LogP contribution in [0, 0.1) is 11.3 Å². The van der Waals surface area contributed by atoms with E-state index in [0.29, 0.717) is 20.8 Å². The number of nitrogens with zero attached hydrogens (tertiary/aromatic N) is 3. The summed E-state index contributed by atoms with van der Waals surface area (Å²) in [5.74, 6) is -0.148. The number of hydrogen-bond acceptors (Lipinski definition) is 4.